The van der Waals surface area contributed by atoms with Crippen molar-refractivity contribution in [2.24, 2.45) is 0 Å². The third-order valence-corrected chi connectivity index (χ3v) is 3.33. The highest BCUT2D eigenvalue weighted by molar-refractivity contribution is 5.98. The van der Waals surface area contributed by atoms with Crippen molar-refractivity contribution < 1.29 is 9.32 Å². The zero-order valence-electron chi connectivity index (χ0n) is 12.6. The highest BCUT2D eigenvalue weighted by atomic mass is 16.5. The van der Waals surface area contributed by atoms with Crippen LogP contribution in [-0.2, 0) is 6.54 Å². The van der Waals surface area contributed by atoms with E-state index in [-0.39, 0.29) is 5.91 Å². The number of amides is 1. The lowest BCUT2D eigenvalue weighted by Crippen LogP contribution is -2.20. The number of hydrogen-bond donors (Lipinski definition) is 2. The number of carbonyl (C=O) groups is 1. The second-order valence-electron chi connectivity index (χ2n) is 4.88. The van der Waals surface area contributed by atoms with Crippen LogP contribution in [0.25, 0.3) is 11.3 Å². The van der Waals surface area contributed by atoms with Gasteiger partial charge in [-0.2, -0.15) is 0 Å². The first-order valence-corrected chi connectivity index (χ1v) is 7.20. The quantitative estimate of drug-likeness (QED) is 0.757. The van der Waals surface area contributed by atoms with Gasteiger partial charge in [0.05, 0.1) is 12.1 Å². The standard InChI is InChI=1S/C17H16N4O2/c1-18-17(22)14-8-5-9-19-16(14)20-11-13-10-15(23-21-13)12-6-3-2-4-7-12/h2-10H,11H2,1H3,(H,18,22)(H,19,20). The molecular formula is C17H16N4O2. The molecule has 0 bridgehead atoms. The van der Waals surface area contributed by atoms with E-state index in [0.29, 0.717) is 23.7 Å². The molecule has 6 nitrogen and oxygen atoms in total. The molecule has 1 amide bonds. The maximum atomic E-state index is 11.8. The first-order valence-electron chi connectivity index (χ1n) is 7.20. The van der Waals surface area contributed by atoms with E-state index in [9.17, 15) is 4.79 Å². The van der Waals surface area contributed by atoms with E-state index < -0.39 is 0 Å². The predicted molar refractivity (Wildman–Crippen MR) is 86.9 cm³/mol. The largest absolute Gasteiger partial charge is 0.364 e. The van der Waals surface area contributed by atoms with Crippen LogP contribution in [-0.4, -0.2) is 23.1 Å². The first-order chi connectivity index (χ1) is 11.3. The summed E-state index contributed by atoms with van der Waals surface area (Å²) in [4.78, 5) is 16.0. The normalized spacial score (nSPS) is 10.3. The Kier molecular flexibility index (Phi) is 4.33. The Morgan fingerprint density at radius 1 is 1.17 bits per heavy atom. The van der Waals surface area contributed by atoms with Gasteiger partial charge in [0.25, 0.3) is 5.91 Å². The van der Waals surface area contributed by atoms with Gasteiger partial charge in [-0.05, 0) is 12.1 Å². The summed E-state index contributed by atoms with van der Waals surface area (Å²) in [5.41, 5.74) is 2.19. The lowest BCUT2D eigenvalue weighted by atomic mass is 10.1. The van der Waals surface area contributed by atoms with Gasteiger partial charge in [0, 0.05) is 24.9 Å². The van der Waals surface area contributed by atoms with Crippen molar-refractivity contribution in [3.8, 4) is 11.3 Å². The summed E-state index contributed by atoms with van der Waals surface area (Å²) in [5, 5.41) is 9.74. The van der Waals surface area contributed by atoms with Crippen LogP contribution in [0.3, 0.4) is 0 Å². The second kappa shape index (κ2) is 6.74. The van der Waals surface area contributed by atoms with Crippen LogP contribution in [0.1, 0.15) is 16.1 Å². The molecule has 2 N–H and O–H groups in total. The van der Waals surface area contributed by atoms with Crippen molar-refractivity contribution >= 4 is 11.7 Å². The zero-order chi connectivity index (χ0) is 16.1. The molecule has 3 aromatic rings. The summed E-state index contributed by atoms with van der Waals surface area (Å²) in [6, 6.07) is 15.1. The van der Waals surface area contributed by atoms with E-state index in [4.69, 9.17) is 4.52 Å². The Bertz CT molecular complexity index is 799. The molecule has 2 heterocycles. The lowest BCUT2D eigenvalue weighted by molar-refractivity contribution is 0.0963. The van der Waals surface area contributed by atoms with E-state index in [1.54, 1.807) is 25.4 Å². The third kappa shape index (κ3) is 3.37. The van der Waals surface area contributed by atoms with Crippen molar-refractivity contribution in [2.45, 2.75) is 6.54 Å². The fourth-order valence-corrected chi connectivity index (χ4v) is 2.17. The minimum absolute atomic E-state index is 0.189. The topological polar surface area (TPSA) is 80.0 Å². The molecule has 0 aliphatic heterocycles. The first kappa shape index (κ1) is 14.8. The molecule has 0 atom stereocenters. The molecule has 0 aliphatic carbocycles. The smallest absolute Gasteiger partial charge is 0.254 e. The van der Waals surface area contributed by atoms with E-state index >= 15 is 0 Å². The van der Waals surface area contributed by atoms with E-state index in [0.717, 1.165) is 11.3 Å². The molecule has 2 aromatic heterocycles. The van der Waals surface area contributed by atoms with Gasteiger partial charge in [-0.25, -0.2) is 4.98 Å². The molecular weight excluding hydrogens is 292 g/mol. The van der Waals surface area contributed by atoms with Gasteiger partial charge >= 0.3 is 0 Å². The van der Waals surface area contributed by atoms with Crippen molar-refractivity contribution in [3.05, 3.63) is 66.0 Å². The van der Waals surface area contributed by atoms with Crippen molar-refractivity contribution in [1.29, 1.82) is 0 Å². The van der Waals surface area contributed by atoms with Crippen molar-refractivity contribution in [2.75, 3.05) is 12.4 Å². The number of anilines is 1. The van der Waals surface area contributed by atoms with Crippen LogP contribution in [0.15, 0.2) is 59.3 Å². The third-order valence-electron chi connectivity index (χ3n) is 3.33. The summed E-state index contributed by atoms with van der Waals surface area (Å²) in [5.74, 6) is 1.02. The molecule has 0 fully saturated rings. The van der Waals surface area contributed by atoms with Crippen LogP contribution in [0.4, 0.5) is 5.82 Å². The Hall–Kier alpha value is -3.15. The number of aromatic nitrogens is 2. The van der Waals surface area contributed by atoms with Crippen molar-refractivity contribution in [3.63, 3.8) is 0 Å². The molecule has 0 saturated carbocycles. The number of rotatable bonds is 5. The van der Waals surface area contributed by atoms with E-state index in [2.05, 4.69) is 20.8 Å². The number of hydrogen-bond acceptors (Lipinski definition) is 5. The summed E-state index contributed by atoms with van der Waals surface area (Å²) < 4.78 is 5.35. The molecule has 1 aromatic carbocycles. The summed E-state index contributed by atoms with van der Waals surface area (Å²) >= 11 is 0. The number of nitrogens with one attached hydrogen (secondary N) is 2. The molecule has 0 saturated heterocycles. The van der Waals surface area contributed by atoms with E-state index in [1.165, 1.54) is 0 Å². The van der Waals surface area contributed by atoms with Gasteiger partial charge in [-0.15, -0.1) is 0 Å². The molecule has 3 rings (SSSR count). The fourth-order valence-electron chi connectivity index (χ4n) is 2.17. The zero-order valence-corrected chi connectivity index (χ0v) is 12.6. The van der Waals surface area contributed by atoms with Gasteiger partial charge in [-0.3, -0.25) is 4.79 Å². The number of benzene rings is 1. The minimum atomic E-state index is -0.189. The molecule has 23 heavy (non-hydrogen) atoms. The summed E-state index contributed by atoms with van der Waals surface area (Å²) in [7, 11) is 1.59. The summed E-state index contributed by atoms with van der Waals surface area (Å²) in [6.07, 6.45) is 1.63. The second-order valence-corrected chi connectivity index (χ2v) is 4.88. The van der Waals surface area contributed by atoms with Gasteiger partial charge in [0.1, 0.15) is 11.5 Å². The molecule has 0 unspecified atom stereocenters. The van der Waals surface area contributed by atoms with Gasteiger partial charge in [0.2, 0.25) is 0 Å². The number of carbonyl (C=O) groups excluding carboxylic acids is 1. The van der Waals surface area contributed by atoms with Gasteiger partial charge in [0.15, 0.2) is 5.76 Å². The minimum Gasteiger partial charge on any atom is -0.364 e. The van der Waals surface area contributed by atoms with Gasteiger partial charge in [-0.1, -0.05) is 35.5 Å². The average molecular weight is 308 g/mol. The van der Waals surface area contributed by atoms with Crippen LogP contribution in [0.2, 0.25) is 0 Å². The van der Waals surface area contributed by atoms with E-state index in [1.807, 2.05) is 36.4 Å². The van der Waals surface area contributed by atoms with Crippen LogP contribution >= 0.6 is 0 Å². The van der Waals surface area contributed by atoms with Crippen LogP contribution in [0, 0.1) is 0 Å². The molecule has 116 valence electrons. The Morgan fingerprint density at radius 3 is 2.78 bits per heavy atom. The lowest BCUT2D eigenvalue weighted by Gasteiger charge is -2.08. The van der Waals surface area contributed by atoms with Crippen LogP contribution in [0.5, 0.6) is 0 Å². The number of nitrogens with zero attached hydrogens (tertiary/aromatic N) is 2. The van der Waals surface area contributed by atoms with Crippen LogP contribution < -0.4 is 10.6 Å². The van der Waals surface area contributed by atoms with Crippen molar-refractivity contribution in [1.82, 2.24) is 15.5 Å². The highest BCUT2D eigenvalue weighted by Crippen LogP contribution is 2.20. The highest BCUT2D eigenvalue weighted by Gasteiger charge is 2.11. The SMILES string of the molecule is CNC(=O)c1cccnc1NCc1cc(-c2ccccc2)on1. The Balaban J connectivity index is 1.73. The predicted octanol–water partition coefficient (Wildman–Crippen LogP) is 2.71. The maximum Gasteiger partial charge on any atom is 0.254 e. The monoisotopic (exact) mass is 308 g/mol. The maximum absolute atomic E-state index is 11.8. The number of pyridine rings is 1. The Labute approximate surface area is 133 Å². The molecule has 6 heteroatoms. The Morgan fingerprint density at radius 2 is 2.00 bits per heavy atom. The summed E-state index contributed by atoms with van der Waals surface area (Å²) in [6.45, 7) is 0.414. The van der Waals surface area contributed by atoms with Gasteiger partial charge < -0.3 is 15.2 Å². The molecule has 0 aliphatic rings. The fraction of sp³-hybridized carbons (Fsp3) is 0.118. The molecule has 0 radical (unpaired) electrons. The molecule has 0 spiro atoms. The average Bonchev–Trinajstić information content (AvgIpc) is 3.09.